The van der Waals surface area contributed by atoms with Crippen LogP contribution in [0, 0.1) is 13.8 Å². The van der Waals surface area contributed by atoms with Crippen LogP contribution in [0.15, 0.2) is 47.6 Å². The molecule has 4 rings (SSSR count). The van der Waals surface area contributed by atoms with E-state index in [1.54, 1.807) is 0 Å². The Morgan fingerprint density at radius 1 is 1.20 bits per heavy atom. The molecule has 1 aliphatic heterocycles. The molecule has 0 bridgehead atoms. The Bertz CT molecular complexity index is 1070. The number of hydrogen-bond acceptors (Lipinski definition) is 5. The number of nitrogens with zero attached hydrogens (tertiary/aromatic N) is 3. The second-order valence-corrected chi connectivity index (χ2v) is 9.03. The number of fused-ring (bicyclic) bond motifs is 1. The molecule has 2 N–H and O–H groups in total. The van der Waals surface area contributed by atoms with Crippen LogP contribution in [-0.4, -0.2) is 26.0 Å². The molecule has 8 heteroatoms. The number of carbonyl (C=O) groups is 1. The predicted molar refractivity (Wildman–Crippen MR) is 122 cm³/mol. The van der Waals surface area contributed by atoms with Gasteiger partial charge in [0, 0.05) is 17.1 Å². The molecule has 1 aliphatic rings. The zero-order chi connectivity index (χ0) is 21.3. The number of rotatable bonds is 5. The van der Waals surface area contributed by atoms with Gasteiger partial charge in [-0.2, -0.15) is 0 Å². The topological polar surface area (TPSA) is 71.8 Å². The predicted octanol–water partition coefficient (Wildman–Crippen LogP) is 4.90. The summed E-state index contributed by atoms with van der Waals surface area (Å²) in [5.41, 5.74) is 7.47. The van der Waals surface area contributed by atoms with E-state index >= 15 is 0 Å². The highest BCUT2D eigenvalue weighted by atomic mass is 35.5. The zero-order valence-corrected chi connectivity index (χ0v) is 18.7. The van der Waals surface area contributed by atoms with E-state index < -0.39 is 5.25 Å². The van der Waals surface area contributed by atoms with Gasteiger partial charge in [0.05, 0.1) is 6.04 Å². The van der Waals surface area contributed by atoms with Crippen molar-refractivity contribution in [3.8, 4) is 0 Å². The van der Waals surface area contributed by atoms with E-state index in [9.17, 15) is 4.79 Å². The fourth-order valence-corrected chi connectivity index (χ4v) is 4.79. The molecule has 0 spiro atoms. The molecule has 0 aliphatic carbocycles. The lowest BCUT2D eigenvalue weighted by Gasteiger charge is -2.33. The quantitative estimate of drug-likeness (QED) is 0.589. The number of aryl methyl sites for hydroxylation is 3. The van der Waals surface area contributed by atoms with Crippen LogP contribution >= 0.6 is 23.4 Å². The summed E-state index contributed by atoms with van der Waals surface area (Å²) >= 11 is 7.52. The molecular weight excluding hydrogens is 418 g/mol. The Morgan fingerprint density at radius 2 is 1.97 bits per heavy atom. The minimum absolute atomic E-state index is 0.0781. The van der Waals surface area contributed by atoms with Gasteiger partial charge in [0.2, 0.25) is 11.1 Å². The van der Waals surface area contributed by atoms with Gasteiger partial charge >= 0.3 is 0 Å². The SMILES string of the molecule is CCCc1nnc2n1N[C@@H](c1ccc(Cl)cc1)[C@H](C(=O)Nc1ccc(C)cc1C)S2. The number of hydrogen-bond donors (Lipinski definition) is 2. The van der Waals surface area contributed by atoms with Crippen LogP contribution in [0.2, 0.25) is 5.02 Å². The van der Waals surface area contributed by atoms with Crippen LogP contribution in [-0.2, 0) is 11.2 Å². The fourth-order valence-electron chi connectivity index (χ4n) is 3.56. The van der Waals surface area contributed by atoms with Gasteiger partial charge < -0.3 is 10.7 Å². The first-order valence-corrected chi connectivity index (χ1v) is 11.2. The third-order valence-corrected chi connectivity index (χ3v) is 6.57. The number of thioether (sulfide) groups is 1. The highest BCUT2D eigenvalue weighted by molar-refractivity contribution is 8.00. The summed E-state index contributed by atoms with van der Waals surface area (Å²) in [6.45, 7) is 6.14. The monoisotopic (exact) mass is 441 g/mol. The molecule has 0 unspecified atom stereocenters. The Balaban J connectivity index is 1.67. The fraction of sp³-hybridized carbons (Fsp3) is 0.318. The molecule has 30 heavy (non-hydrogen) atoms. The van der Waals surface area contributed by atoms with Gasteiger partial charge in [0.15, 0.2) is 5.82 Å². The Morgan fingerprint density at radius 3 is 2.67 bits per heavy atom. The van der Waals surface area contributed by atoms with Crippen molar-refractivity contribution in [3.05, 3.63) is 70.0 Å². The normalized spacial score (nSPS) is 17.9. The highest BCUT2D eigenvalue weighted by Crippen LogP contribution is 2.38. The van der Waals surface area contributed by atoms with Crippen molar-refractivity contribution in [2.45, 2.75) is 50.1 Å². The molecule has 0 saturated carbocycles. The number of carbonyl (C=O) groups excluding carboxylic acids is 1. The van der Waals surface area contributed by atoms with E-state index in [0.717, 1.165) is 41.0 Å². The van der Waals surface area contributed by atoms with E-state index in [1.807, 2.05) is 54.9 Å². The Labute approximate surface area is 185 Å². The van der Waals surface area contributed by atoms with Gasteiger partial charge in [0.25, 0.3) is 0 Å². The second kappa shape index (κ2) is 8.70. The average molecular weight is 442 g/mol. The highest BCUT2D eigenvalue weighted by Gasteiger charge is 2.37. The van der Waals surface area contributed by atoms with Crippen molar-refractivity contribution < 1.29 is 4.79 Å². The lowest BCUT2D eigenvalue weighted by atomic mass is 10.0. The lowest BCUT2D eigenvalue weighted by Crippen LogP contribution is -2.41. The number of halogens is 1. The molecule has 6 nitrogen and oxygen atoms in total. The third-order valence-electron chi connectivity index (χ3n) is 5.10. The molecule has 1 amide bonds. The largest absolute Gasteiger partial charge is 0.325 e. The molecule has 2 aromatic carbocycles. The summed E-state index contributed by atoms with van der Waals surface area (Å²) in [7, 11) is 0. The summed E-state index contributed by atoms with van der Waals surface area (Å²) < 4.78 is 1.91. The van der Waals surface area contributed by atoms with Crippen molar-refractivity contribution in [2.75, 3.05) is 10.7 Å². The second-order valence-electron chi connectivity index (χ2n) is 7.49. The van der Waals surface area contributed by atoms with E-state index in [1.165, 1.54) is 11.8 Å². The molecule has 1 aromatic heterocycles. The van der Waals surface area contributed by atoms with E-state index in [0.29, 0.717) is 10.2 Å². The Kier molecular flexibility index (Phi) is 6.01. The van der Waals surface area contributed by atoms with Crippen LogP contribution in [0.5, 0.6) is 0 Å². The minimum Gasteiger partial charge on any atom is -0.325 e. The molecule has 2 heterocycles. The zero-order valence-electron chi connectivity index (χ0n) is 17.1. The van der Waals surface area contributed by atoms with E-state index in [4.69, 9.17) is 11.6 Å². The van der Waals surface area contributed by atoms with Gasteiger partial charge in [0.1, 0.15) is 5.25 Å². The first-order chi connectivity index (χ1) is 14.5. The number of benzene rings is 2. The Hall–Kier alpha value is -2.51. The standard InChI is InChI=1S/C22H24ClN5OS/c1-4-5-18-25-26-22-28(18)27-19(15-7-9-16(23)10-8-15)20(30-22)21(29)24-17-11-6-13(2)12-14(17)3/h6-12,19-20,27H,4-5H2,1-3H3,(H,24,29)/t19-,20+/m0/s1. The maximum absolute atomic E-state index is 13.3. The minimum atomic E-state index is -0.418. The van der Waals surface area contributed by atoms with Crippen molar-refractivity contribution in [1.82, 2.24) is 14.9 Å². The molecular formula is C22H24ClN5OS. The first kappa shape index (κ1) is 20.8. The summed E-state index contributed by atoms with van der Waals surface area (Å²) in [6, 6.07) is 13.3. The average Bonchev–Trinajstić information content (AvgIpc) is 3.12. The van der Waals surface area contributed by atoms with Crippen LogP contribution < -0.4 is 10.7 Å². The lowest BCUT2D eigenvalue weighted by molar-refractivity contribution is -0.116. The first-order valence-electron chi connectivity index (χ1n) is 9.97. The van der Waals surface area contributed by atoms with Crippen LogP contribution in [0.3, 0.4) is 0 Å². The van der Waals surface area contributed by atoms with Crippen molar-refractivity contribution in [3.63, 3.8) is 0 Å². The summed E-state index contributed by atoms with van der Waals surface area (Å²) in [4.78, 5) is 13.3. The smallest absolute Gasteiger partial charge is 0.240 e. The van der Waals surface area contributed by atoms with Gasteiger partial charge in [-0.05, 0) is 49.6 Å². The number of nitrogens with one attached hydrogen (secondary N) is 2. The molecule has 3 aromatic rings. The van der Waals surface area contributed by atoms with Gasteiger partial charge in [-0.25, -0.2) is 4.68 Å². The van der Waals surface area contributed by atoms with Crippen molar-refractivity contribution in [2.24, 2.45) is 0 Å². The molecule has 2 atom stereocenters. The number of amides is 1. The van der Waals surface area contributed by atoms with Crippen molar-refractivity contribution >= 4 is 35.0 Å². The van der Waals surface area contributed by atoms with E-state index in [2.05, 4.69) is 33.9 Å². The summed E-state index contributed by atoms with van der Waals surface area (Å²) in [5.74, 6) is 0.790. The number of anilines is 1. The third kappa shape index (κ3) is 4.18. The van der Waals surface area contributed by atoms with Crippen LogP contribution in [0.4, 0.5) is 5.69 Å². The van der Waals surface area contributed by atoms with Crippen LogP contribution in [0.25, 0.3) is 0 Å². The van der Waals surface area contributed by atoms with Crippen LogP contribution in [0.1, 0.15) is 41.9 Å². The van der Waals surface area contributed by atoms with Gasteiger partial charge in [-0.15, -0.1) is 10.2 Å². The maximum Gasteiger partial charge on any atom is 0.240 e. The summed E-state index contributed by atoms with van der Waals surface area (Å²) in [6.07, 6.45) is 1.78. The van der Waals surface area contributed by atoms with E-state index in [-0.39, 0.29) is 11.9 Å². The molecule has 0 fully saturated rings. The maximum atomic E-state index is 13.3. The van der Waals surface area contributed by atoms with Gasteiger partial charge in [-0.1, -0.05) is 60.1 Å². The molecule has 156 valence electrons. The summed E-state index contributed by atoms with van der Waals surface area (Å²) in [5, 5.41) is 12.6. The van der Waals surface area contributed by atoms with Crippen molar-refractivity contribution in [1.29, 1.82) is 0 Å². The van der Waals surface area contributed by atoms with Gasteiger partial charge in [-0.3, -0.25) is 4.79 Å². The molecule has 0 radical (unpaired) electrons. The number of aromatic nitrogens is 3. The molecule has 0 saturated heterocycles.